The molecular formula is C38H46N2O4+2. The summed E-state index contributed by atoms with van der Waals surface area (Å²) in [5.74, 6) is 2.54. The monoisotopic (exact) mass is 594 g/mol. The zero-order valence-corrected chi connectivity index (χ0v) is 27.8. The van der Waals surface area contributed by atoms with Crippen LogP contribution in [-0.2, 0) is 5.41 Å². The third kappa shape index (κ3) is 5.78. The topological polar surface area (TPSA) is 68.6 Å². The summed E-state index contributed by atoms with van der Waals surface area (Å²) in [4.78, 5) is 15.6. The largest absolute Gasteiger partial charge is 0.506 e. The van der Waals surface area contributed by atoms with Gasteiger partial charge in [0, 0.05) is 67.2 Å². The Kier molecular flexibility index (Phi) is 8.00. The number of allylic oxidation sites excluding steroid dienone is 6. The maximum absolute atomic E-state index is 11.3. The fourth-order valence-electron chi connectivity index (χ4n) is 5.48. The van der Waals surface area contributed by atoms with E-state index in [-0.39, 0.29) is 22.4 Å². The van der Waals surface area contributed by atoms with E-state index in [4.69, 9.17) is 9.15 Å². The van der Waals surface area contributed by atoms with Gasteiger partial charge in [-0.3, -0.25) is 4.79 Å². The number of aliphatic hydroxyl groups excluding tert-OH is 1. The summed E-state index contributed by atoms with van der Waals surface area (Å²) in [6.07, 6.45) is 5.72. The SMILES string of the molecule is CCN(CC)c1ccc2c(c1)OC(C(C)(C)C)=CC2=CC1=C(O)C(=Cc2cc(C(C)(C)C)[o+]c3cc(N(C)C)ccc23)C1=[OH+]. The molecule has 0 amide bonds. The van der Waals surface area contributed by atoms with Gasteiger partial charge < -0.3 is 19.6 Å². The smallest absolute Gasteiger partial charge is 0.362 e. The van der Waals surface area contributed by atoms with Crippen molar-refractivity contribution in [1.82, 2.24) is 0 Å². The lowest BCUT2D eigenvalue weighted by atomic mass is 9.83. The van der Waals surface area contributed by atoms with Crippen molar-refractivity contribution in [1.29, 1.82) is 0 Å². The van der Waals surface area contributed by atoms with Gasteiger partial charge in [-0.15, -0.1) is 0 Å². The van der Waals surface area contributed by atoms with Gasteiger partial charge in [-0.1, -0.05) is 20.8 Å². The Morgan fingerprint density at radius 3 is 2.16 bits per heavy atom. The van der Waals surface area contributed by atoms with Crippen LogP contribution in [0.1, 0.15) is 72.3 Å². The van der Waals surface area contributed by atoms with E-state index in [9.17, 15) is 9.90 Å². The molecule has 1 aliphatic heterocycles. The second-order valence-corrected chi connectivity index (χ2v) is 13.9. The van der Waals surface area contributed by atoms with Gasteiger partial charge in [0.1, 0.15) is 28.4 Å². The number of carbonyl (C=O) groups excluding carboxylic acids is 1. The van der Waals surface area contributed by atoms with E-state index in [0.717, 1.165) is 69.4 Å². The van der Waals surface area contributed by atoms with Crippen LogP contribution in [0.25, 0.3) is 22.6 Å². The maximum Gasteiger partial charge on any atom is 0.362 e. The highest BCUT2D eigenvalue weighted by molar-refractivity contribution is 6.25. The number of hydrogen-bond acceptors (Lipinski definition) is 4. The predicted octanol–water partition coefficient (Wildman–Crippen LogP) is 9.08. The molecule has 0 atom stereocenters. The number of nitrogens with zero attached hydrogens (tertiary/aromatic N) is 2. The highest BCUT2D eigenvalue weighted by Gasteiger charge is 2.40. The highest BCUT2D eigenvalue weighted by atomic mass is 16.5. The van der Waals surface area contributed by atoms with Crippen molar-refractivity contribution in [2.75, 3.05) is 37.0 Å². The minimum atomic E-state index is -0.231. The highest BCUT2D eigenvalue weighted by Crippen LogP contribution is 2.43. The van der Waals surface area contributed by atoms with Crippen LogP contribution in [0, 0.1) is 5.41 Å². The number of ether oxygens (including phenoxy) is 1. The second-order valence-electron chi connectivity index (χ2n) is 13.9. The Labute approximate surface area is 261 Å². The van der Waals surface area contributed by atoms with Crippen molar-refractivity contribution >= 4 is 39.8 Å². The minimum absolute atomic E-state index is 0.0599. The number of aliphatic hydroxyl groups is 1. The van der Waals surface area contributed by atoms with Crippen LogP contribution in [0.3, 0.4) is 0 Å². The number of anilines is 2. The van der Waals surface area contributed by atoms with Crippen LogP contribution < -0.4 is 14.5 Å². The molecule has 2 aliphatic rings. The molecule has 230 valence electrons. The fraction of sp³-hybridized carbons (Fsp3) is 0.368. The van der Waals surface area contributed by atoms with E-state index >= 15 is 0 Å². The van der Waals surface area contributed by atoms with Crippen molar-refractivity contribution in [3.63, 3.8) is 0 Å². The van der Waals surface area contributed by atoms with Gasteiger partial charge in [-0.25, -0.2) is 4.42 Å². The Morgan fingerprint density at radius 2 is 1.57 bits per heavy atom. The molecule has 0 saturated heterocycles. The van der Waals surface area contributed by atoms with E-state index in [1.807, 2.05) is 61.5 Å². The summed E-state index contributed by atoms with van der Waals surface area (Å²) in [6, 6.07) is 14.3. The quantitative estimate of drug-likeness (QED) is 0.228. The standard InChI is InChI=1S/C38H44N2O4/c1-11-40(12-2)26-14-16-28-24(20-34(38(6,7)8)44-32(28)22-26)18-30-35(41)29(36(30)42)17-23-19-33(37(3,4)5)43-31-21-25(39(9)10)13-15-27(23)31/h13-22H,11-12H2,1-10H3/p+2. The molecule has 0 bridgehead atoms. The minimum Gasteiger partial charge on any atom is -0.506 e. The molecule has 2 heterocycles. The molecule has 0 spiro atoms. The molecule has 1 aromatic heterocycles. The molecule has 0 saturated carbocycles. The summed E-state index contributed by atoms with van der Waals surface area (Å²) in [5.41, 5.74) is 5.91. The molecule has 0 radical (unpaired) electrons. The average Bonchev–Trinajstić information content (AvgIpc) is 2.97. The Morgan fingerprint density at radius 1 is 0.886 bits per heavy atom. The Hall–Kier alpha value is -4.32. The first kappa shape index (κ1) is 31.1. The lowest BCUT2D eigenvalue weighted by molar-refractivity contribution is 0.291. The predicted molar refractivity (Wildman–Crippen MR) is 184 cm³/mol. The van der Waals surface area contributed by atoms with E-state index in [1.54, 1.807) is 0 Å². The van der Waals surface area contributed by atoms with Crippen LogP contribution in [0.2, 0.25) is 0 Å². The van der Waals surface area contributed by atoms with Crippen molar-refractivity contribution in [2.24, 2.45) is 5.41 Å². The normalized spacial score (nSPS) is 17.0. The molecule has 44 heavy (non-hydrogen) atoms. The maximum atomic E-state index is 11.3. The van der Waals surface area contributed by atoms with Crippen molar-refractivity contribution in [3.05, 3.63) is 94.2 Å². The van der Waals surface area contributed by atoms with E-state index in [0.29, 0.717) is 11.1 Å². The average molecular weight is 595 g/mol. The molecule has 1 aliphatic carbocycles. The Bertz CT molecular complexity index is 1770. The summed E-state index contributed by atoms with van der Waals surface area (Å²) < 4.78 is 12.8. The van der Waals surface area contributed by atoms with Gasteiger partial charge in [0.2, 0.25) is 0 Å². The molecule has 2 aromatic carbocycles. The molecule has 2 N–H and O–H groups in total. The summed E-state index contributed by atoms with van der Waals surface area (Å²) >= 11 is 0. The fourth-order valence-corrected chi connectivity index (χ4v) is 5.48. The van der Waals surface area contributed by atoms with E-state index in [2.05, 4.69) is 78.5 Å². The van der Waals surface area contributed by atoms with Crippen LogP contribution in [-0.4, -0.2) is 42.9 Å². The Balaban J connectivity index is 1.61. The first-order valence-corrected chi connectivity index (χ1v) is 15.4. The van der Waals surface area contributed by atoms with Gasteiger partial charge in [0.15, 0.2) is 0 Å². The first-order chi connectivity index (χ1) is 20.6. The summed E-state index contributed by atoms with van der Waals surface area (Å²) in [6.45, 7) is 18.7. The van der Waals surface area contributed by atoms with Crippen LogP contribution in [0.15, 0.2) is 81.7 Å². The number of fused-ring (bicyclic) bond motifs is 2. The molecule has 3 aromatic rings. The molecule has 0 unspecified atom stereocenters. The van der Waals surface area contributed by atoms with Crippen LogP contribution in [0.4, 0.5) is 11.4 Å². The number of rotatable bonds is 6. The third-order valence-electron chi connectivity index (χ3n) is 8.31. The van der Waals surface area contributed by atoms with Crippen molar-refractivity contribution < 1.29 is 19.1 Å². The van der Waals surface area contributed by atoms with Crippen molar-refractivity contribution in [3.8, 4) is 5.75 Å². The van der Waals surface area contributed by atoms with Gasteiger partial charge in [-0.05, 0) is 82.7 Å². The molecular weight excluding hydrogens is 548 g/mol. The van der Waals surface area contributed by atoms with E-state index in [1.165, 1.54) is 0 Å². The summed E-state index contributed by atoms with van der Waals surface area (Å²) in [7, 11) is 4.00. The zero-order chi connectivity index (χ0) is 32.1. The van der Waals surface area contributed by atoms with E-state index < -0.39 is 0 Å². The first-order valence-electron chi connectivity index (χ1n) is 15.4. The van der Waals surface area contributed by atoms with Gasteiger partial charge >= 0.3 is 17.1 Å². The number of hydrogen-bond donors (Lipinski definition) is 1. The van der Waals surface area contributed by atoms with Gasteiger partial charge in [-0.2, -0.15) is 0 Å². The summed E-state index contributed by atoms with van der Waals surface area (Å²) in [5, 5.41) is 12.2. The lowest BCUT2D eigenvalue weighted by Crippen LogP contribution is -2.23. The van der Waals surface area contributed by atoms with Crippen molar-refractivity contribution in [2.45, 2.75) is 60.8 Å². The molecule has 0 fully saturated rings. The molecule has 5 rings (SSSR count). The lowest BCUT2D eigenvalue weighted by Gasteiger charge is -2.30. The third-order valence-corrected chi connectivity index (χ3v) is 8.31. The van der Waals surface area contributed by atoms with Gasteiger partial charge in [0.25, 0.3) is 0 Å². The molecule has 6 heteroatoms. The zero-order valence-electron chi connectivity index (χ0n) is 27.8. The number of ketones is 1. The second kappa shape index (κ2) is 11.3. The molecule has 6 nitrogen and oxygen atoms in total. The van der Waals surface area contributed by atoms with Crippen LogP contribution in [0.5, 0.6) is 5.75 Å². The number of benzene rings is 2. The van der Waals surface area contributed by atoms with Crippen LogP contribution >= 0.6 is 0 Å². The van der Waals surface area contributed by atoms with Gasteiger partial charge in [0.05, 0.1) is 16.9 Å².